The van der Waals surface area contributed by atoms with Gasteiger partial charge in [0.05, 0.1) is 0 Å². The molecule has 0 radical (unpaired) electrons. The van der Waals surface area contributed by atoms with Crippen LogP contribution in [0.3, 0.4) is 0 Å². The maximum Gasteiger partial charge on any atom is 0.117 e. The van der Waals surface area contributed by atoms with Gasteiger partial charge in [-0.25, -0.2) is 0 Å². The molecule has 1 N–H and O–H groups in total. The minimum Gasteiger partial charge on any atom is -0.508 e. The van der Waals surface area contributed by atoms with Crippen LogP contribution in [-0.4, -0.2) is 17.7 Å². The Hall–Kier alpha value is -1.18. The molecular formula is C11H17NO. The van der Waals surface area contributed by atoms with Gasteiger partial charge in [0.1, 0.15) is 5.75 Å². The summed E-state index contributed by atoms with van der Waals surface area (Å²) in [6, 6.07) is 7.84. The molecule has 0 unspecified atom stereocenters. The number of phenolic OH excluding ortho intramolecular Hbond substituents is 1. The van der Waals surface area contributed by atoms with Crippen molar-refractivity contribution in [2.45, 2.75) is 26.8 Å². The smallest absolute Gasteiger partial charge is 0.117 e. The van der Waals surface area contributed by atoms with Gasteiger partial charge in [-0.1, -0.05) is 6.07 Å². The number of anilines is 1. The average molecular weight is 179 g/mol. The van der Waals surface area contributed by atoms with Crippen LogP contribution in [0.1, 0.15) is 20.8 Å². The number of aromatic hydroxyl groups is 1. The second-order valence-electron chi connectivity index (χ2n) is 3.40. The van der Waals surface area contributed by atoms with E-state index >= 15 is 0 Å². The highest BCUT2D eigenvalue weighted by Crippen LogP contribution is 2.21. The van der Waals surface area contributed by atoms with Crippen LogP contribution in [0, 0.1) is 0 Å². The lowest BCUT2D eigenvalue weighted by Crippen LogP contribution is -2.30. The zero-order chi connectivity index (χ0) is 9.84. The molecule has 0 saturated heterocycles. The van der Waals surface area contributed by atoms with E-state index in [1.165, 1.54) is 0 Å². The molecule has 0 bridgehead atoms. The van der Waals surface area contributed by atoms with Crippen molar-refractivity contribution in [2.24, 2.45) is 0 Å². The van der Waals surface area contributed by atoms with Gasteiger partial charge in [-0.15, -0.1) is 0 Å². The first kappa shape index (κ1) is 9.90. The number of nitrogens with zero attached hydrogens (tertiary/aromatic N) is 1. The fourth-order valence-corrected chi connectivity index (χ4v) is 1.52. The van der Waals surface area contributed by atoms with Gasteiger partial charge in [-0.3, -0.25) is 0 Å². The standard InChI is InChI=1S/C11H17NO/c1-4-12(9(2)3)10-6-5-7-11(13)8-10/h5-9,13H,4H2,1-3H3. The maximum absolute atomic E-state index is 9.31. The van der Waals surface area contributed by atoms with Crippen molar-refractivity contribution in [1.29, 1.82) is 0 Å². The highest BCUT2D eigenvalue weighted by molar-refractivity contribution is 5.50. The minimum absolute atomic E-state index is 0.330. The van der Waals surface area contributed by atoms with E-state index in [0.29, 0.717) is 11.8 Å². The van der Waals surface area contributed by atoms with Crippen molar-refractivity contribution in [3.8, 4) is 5.75 Å². The van der Waals surface area contributed by atoms with E-state index in [4.69, 9.17) is 0 Å². The van der Waals surface area contributed by atoms with Crippen molar-refractivity contribution in [3.63, 3.8) is 0 Å². The average Bonchev–Trinajstić information content (AvgIpc) is 2.04. The Balaban J connectivity index is 2.91. The van der Waals surface area contributed by atoms with Gasteiger partial charge >= 0.3 is 0 Å². The first-order valence-corrected chi connectivity index (χ1v) is 4.70. The number of hydrogen-bond acceptors (Lipinski definition) is 2. The van der Waals surface area contributed by atoms with Crippen molar-refractivity contribution in [3.05, 3.63) is 24.3 Å². The predicted octanol–water partition coefficient (Wildman–Crippen LogP) is 2.63. The van der Waals surface area contributed by atoms with E-state index in [2.05, 4.69) is 25.7 Å². The number of rotatable bonds is 3. The summed E-state index contributed by atoms with van der Waals surface area (Å²) < 4.78 is 0. The maximum atomic E-state index is 9.31. The van der Waals surface area contributed by atoms with Crippen LogP contribution in [0.5, 0.6) is 5.75 Å². The quantitative estimate of drug-likeness (QED) is 0.771. The molecule has 13 heavy (non-hydrogen) atoms. The highest BCUT2D eigenvalue weighted by Gasteiger charge is 2.07. The molecule has 1 aromatic carbocycles. The molecule has 0 fully saturated rings. The Morgan fingerprint density at radius 3 is 2.54 bits per heavy atom. The van der Waals surface area contributed by atoms with Crippen LogP contribution < -0.4 is 4.90 Å². The number of benzene rings is 1. The zero-order valence-corrected chi connectivity index (χ0v) is 8.49. The van der Waals surface area contributed by atoms with Crippen LogP contribution in [0.4, 0.5) is 5.69 Å². The summed E-state index contributed by atoms with van der Waals surface area (Å²) in [7, 11) is 0. The molecule has 0 spiro atoms. The number of hydrogen-bond donors (Lipinski definition) is 1. The molecule has 1 rings (SSSR count). The van der Waals surface area contributed by atoms with E-state index in [9.17, 15) is 5.11 Å². The van der Waals surface area contributed by atoms with Crippen LogP contribution in [0.15, 0.2) is 24.3 Å². The Kier molecular flexibility index (Phi) is 3.18. The number of phenols is 1. The Morgan fingerprint density at radius 1 is 1.38 bits per heavy atom. The molecule has 2 heteroatoms. The van der Waals surface area contributed by atoms with E-state index in [1.54, 1.807) is 12.1 Å². The Morgan fingerprint density at radius 2 is 2.08 bits per heavy atom. The van der Waals surface area contributed by atoms with Crippen LogP contribution in [0.25, 0.3) is 0 Å². The minimum atomic E-state index is 0.330. The molecule has 0 amide bonds. The lowest BCUT2D eigenvalue weighted by Gasteiger charge is -2.27. The zero-order valence-electron chi connectivity index (χ0n) is 8.49. The fraction of sp³-hybridized carbons (Fsp3) is 0.455. The summed E-state index contributed by atoms with van der Waals surface area (Å²) in [6.45, 7) is 7.37. The van der Waals surface area contributed by atoms with Gasteiger partial charge in [-0.05, 0) is 32.9 Å². The van der Waals surface area contributed by atoms with Crippen LogP contribution >= 0.6 is 0 Å². The van der Waals surface area contributed by atoms with Gasteiger partial charge in [0.2, 0.25) is 0 Å². The molecule has 0 aliphatic carbocycles. The SMILES string of the molecule is CCN(c1cccc(O)c1)C(C)C. The second kappa shape index (κ2) is 4.17. The normalized spacial score (nSPS) is 10.5. The van der Waals surface area contributed by atoms with Crippen molar-refractivity contribution >= 4 is 5.69 Å². The van der Waals surface area contributed by atoms with Gasteiger partial charge < -0.3 is 10.0 Å². The van der Waals surface area contributed by atoms with Gasteiger partial charge in [-0.2, -0.15) is 0 Å². The van der Waals surface area contributed by atoms with E-state index in [-0.39, 0.29) is 0 Å². The molecule has 0 atom stereocenters. The van der Waals surface area contributed by atoms with Crippen molar-refractivity contribution in [1.82, 2.24) is 0 Å². The summed E-state index contributed by atoms with van der Waals surface area (Å²) in [4.78, 5) is 2.24. The summed E-state index contributed by atoms with van der Waals surface area (Å²) in [5, 5.41) is 9.31. The summed E-state index contributed by atoms with van der Waals surface area (Å²) in [5.74, 6) is 0.330. The monoisotopic (exact) mass is 179 g/mol. The predicted molar refractivity (Wildman–Crippen MR) is 56.3 cm³/mol. The third-order valence-corrected chi connectivity index (χ3v) is 2.13. The molecule has 72 valence electrons. The molecule has 0 heterocycles. The van der Waals surface area contributed by atoms with Gasteiger partial charge in [0.15, 0.2) is 0 Å². The van der Waals surface area contributed by atoms with E-state index in [0.717, 1.165) is 12.2 Å². The molecule has 0 aliphatic rings. The summed E-state index contributed by atoms with van der Waals surface area (Å²) in [5.41, 5.74) is 1.08. The molecule has 2 nitrogen and oxygen atoms in total. The molecule has 0 aliphatic heterocycles. The molecule has 0 saturated carbocycles. The van der Waals surface area contributed by atoms with Crippen molar-refractivity contribution in [2.75, 3.05) is 11.4 Å². The second-order valence-corrected chi connectivity index (χ2v) is 3.40. The fourth-order valence-electron chi connectivity index (χ4n) is 1.52. The summed E-state index contributed by atoms with van der Waals surface area (Å²) >= 11 is 0. The lowest BCUT2D eigenvalue weighted by molar-refractivity contribution is 0.475. The molecular weight excluding hydrogens is 162 g/mol. The topological polar surface area (TPSA) is 23.5 Å². The largest absolute Gasteiger partial charge is 0.508 e. The van der Waals surface area contributed by atoms with Gasteiger partial charge in [0.25, 0.3) is 0 Å². The van der Waals surface area contributed by atoms with Gasteiger partial charge in [0, 0.05) is 24.3 Å². The van der Waals surface area contributed by atoms with E-state index < -0.39 is 0 Å². The molecule has 0 aromatic heterocycles. The molecule has 1 aromatic rings. The van der Waals surface area contributed by atoms with E-state index in [1.807, 2.05) is 12.1 Å². The third kappa shape index (κ3) is 2.38. The van der Waals surface area contributed by atoms with Crippen molar-refractivity contribution < 1.29 is 5.11 Å². The Bertz CT molecular complexity index is 271. The Labute approximate surface area is 79.8 Å². The first-order valence-electron chi connectivity index (χ1n) is 4.70. The summed E-state index contributed by atoms with van der Waals surface area (Å²) in [6.07, 6.45) is 0. The first-order chi connectivity index (χ1) is 6.15. The van der Waals surface area contributed by atoms with Crippen LogP contribution in [-0.2, 0) is 0 Å². The van der Waals surface area contributed by atoms with Crippen LogP contribution in [0.2, 0.25) is 0 Å². The third-order valence-electron chi connectivity index (χ3n) is 2.13. The lowest BCUT2D eigenvalue weighted by atomic mass is 10.2. The highest BCUT2D eigenvalue weighted by atomic mass is 16.3.